The lowest BCUT2D eigenvalue weighted by molar-refractivity contribution is 0.666. The van der Waals surface area contributed by atoms with Gasteiger partial charge in [-0.05, 0) is 76.9 Å². The number of aromatic nitrogens is 3. The van der Waals surface area contributed by atoms with Crippen LogP contribution in [0.25, 0.3) is 120 Å². The van der Waals surface area contributed by atoms with Gasteiger partial charge in [-0.2, -0.15) is 0 Å². The van der Waals surface area contributed by atoms with E-state index in [4.69, 9.17) is 9.40 Å². The maximum absolute atomic E-state index is 7.23. The van der Waals surface area contributed by atoms with Crippen molar-refractivity contribution in [2.45, 2.75) is 0 Å². The Bertz CT molecular complexity index is 3810. The summed E-state index contributed by atoms with van der Waals surface area (Å²) in [6.45, 7) is 0. The first-order chi connectivity index (χ1) is 29.8. The van der Waals surface area contributed by atoms with Crippen molar-refractivity contribution in [2.75, 3.05) is 0 Å². The molecule has 5 heteroatoms. The van der Waals surface area contributed by atoms with Crippen LogP contribution in [0.1, 0.15) is 0 Å². The van der Waals surface area contributed by atoms with Crippen LogP contribution in [-0.2, 0) is 0 Å². The van der Waals surface area contributed by atoms with E-state index in [0.29, 0.717) is 0 Å². The van der Waals surface area contributed by atoms with Crippen LogP contribution in [0.2, 0.25) is 0 Å². The van der Waals surface area contributed by atoms with Crippen molar-refractivity contribution in [3.63, 3.8) is 0 Å². The predicted molar refractivity (Wildman–Crippen MR) is 252 cm³/mol. The molecule has 0 unspecified atom stereocenters. The average Bonchev–Trinajstić information content (AvgIpc) is 4.08. The summed E-state index contributed by atoms with van der Waals surface area (Å²) in [5.41, 5.74) is 13.6. The van der Waals surface area contributed by atoms with Crippen molar-refractivity contribution in [1.82, 2.24) is 14.1 Å². The van der Waals surface area contributed by atoms with Crippen LogP contribution in [0.3, 0.4) is 0 Å². The van der Waals surface area contributed by atoms with Crippen LogP contribution in [0.15, 0.2) is 205 Å². The first-order valence-corrected chi connectivity index (χ1v) is 21.1. The molecule has 0 saturated carbocycles. The Morgan fingerprint density at radius 2 is 1.10 bits per heavy atom. The summed E-state index contributed by atoms with van der Waals surface area (Å²) in [4.78, 5) is 5.44. The van der Waals surface area contributed by atoms with E-state index in [1.54, 1.807) is 0 Å². The minimum absolute atomic E-state index is 0.819. The topological polar surface area (TPSA) is 35.9 Å². The molecule has 0 aliphatic heterocycles. The third-order valence-corrected chi connectivity index (χ3v) is 13.3. The fourth-order valence-corrected chi connectivity index (χ4v) is 10.7. The number of para-hydroxylation sites is 4. The first-order valence-electron chi connectivity index (χ1n) is 20.3. The number of thiophene rings is 1. The molecule has 280 valence electrons. The summed E-state index contributed by atoms with van der Waals surface area (Å²) in [6, 6.07) is 71.6. The van der Waals surface area contributed by atoms with Crippen LogP contribution in [-0.4, -0.2) is 14.1 Å². The number of fused-ring (bicyclic) bond motifs is 11. The van der Waals surface area contributed by atoms with Gasteiger partial charge in [0, 0.05) is 48.3 Å². The number of nitrogens with zero attached hydrogens (tertiary/aromatic N) is 3. The Hall–Kier alpha value is -7.73. The maximum atomic E-state index is 7.23. The van der Waals surface area contributed by atoms with Gasteiger partial charge in [-0.15, -0.1) is 11.3 Å². The SMILES string of the molecule is c1ccc(-c2ccc(-n3c(-c4cc(-c5ccccc5)cc5oc6c(-n7c8ccccc8c8ccc9c%10ccccc%10sc9c87)cccc6c45)nc4ccccc43)cc2)cc1. The largest absolute Gasteiger partial charge is 0.454 e. The van der Waals surface area contributed by atoms with Gasteiger partial charge in [0.05, 0.1) is 32.5 Å². The molecule has 0 bridgehead atoms. The predicted octanol–water partition coefficient (Wildman–Crippen LogP) is 15.4. The summed E-state index contributed by atoms with van der Waals surface area (Å²) >= 11 is 1.86. The van der Waals surface area contributed by atoms with Crippen molar-refractivity contribution >= 4 is 86.3 Å². The zero-order valence-corrected chi connectivity index (χ0v) is 33.0. The van der Waals surface area contributed by atoms with Gasteiger partial charge >= 0.3 is 0 Å². The molecule has 0 saturated heterocycles. The van der Waals surface area contributed by atoms with E-state index in [9.17, 15) is 0 Å². The van der Waals surface area contributed by atoms with Crippen LogP contribution < -0.4 is 0 Å². The monoisotopic (exact) mass is 783 g/mol. The highest BCUT2D eigenvalue weighted by molar-refractivity contribution is 7.26. The number of hydrogen-bond acceptors (Lipinski definition) is 3. The van der Waals surface area contributed by atoms with Crippen LogP contribution in [0.5, 0.6) is 0 Å². The second-order valence-corrected chi connectivity index (χ2v) is 16.5. The van der Waals surface area contributed by atoms with E-state index >= 15 is 0 Å². The van der Waals surface area contributed by atoms with Crippen molar-refractivity contribution in [3.05, 3.63) is 200 Å². The Balaban J connectivity index is 1.12. The van der Waals surface area contributed by atoms with Gasteiger partial charge in [-0.25, -0.2) is 4.98 Å². The summed E-state index contributed by atoms with van der Waals surface area (Å²) < 4.78 is 14.5. The lowest BCUT2D eigenvalue weighted by atomic mass is 9.98. The van der Waals surface area contributed by atoms with E-state index in [-0.39, 0.29) is 0 Å². The molecule has 4 nitrogen and oxygen atoms in total. The van der Waals surface area contributed by atoms with Crippen molar-refractivity contribution < 1.29 is 4.42 Å². The summed E-state index contributed by atoms with van der Waals surface area (Å²) in [5, 5.41) is 7.10. The second-order valence-electron chi connectivity index (χ2n) is 15.5. The molecule has 4 aromatic heterocycles. The highest BCUT2D eigenvalue weighted by atomic mass is 32.1. The summed E-state index contributed by atoms with van der Waals surface area (Å²) in [7, 11) is 0. The molecule has 9 aromatic carbocycles. The van der Waals surface area contributed by atoms with Crippen LogP contribution in [0.4, 0.5) is 0 Å². The fraction of sp³-hybridized carbons (Fsp3) is 0. The van der Waals surface area contributed by atoms with Gasteiger partial charge in [0.25, 0.3) is 0 Å². The molecule has 0 spiro atoms. The van der Waals surface area contributed by atoms with E-state index in [2.05, 4.69) is 209 Å². The average molecular weight is 784 g/mol. The number of rotatable bonds is 5. The lowest BCUT2D eigenvalue weighted by Crippen LogP contribution is -1.98. The van der Waals surface area contributed by atoms with Crippen molar-refractivity contribution in [1.29, 1.82) is 0 Å². The van der Waals surface area contributed by atoms with Crippen molar-refractivity contribution in [2.24, 2.45) is 0 Å². The molecule has 0 aliphatic rings. The maximum Gasteiger partial charge on any atom is 0.159 e. The number of furan rings is 1. The van der Waals surface area contributed by atoms with E-state index in [1.165, 1.54) is 47.6 Å². The molecule has 0 N–H and O–H groups in total. The van der Waals surface area contributed by atoms with E-state index in [1.807, 2.05) is 11.3 Å². The Labute approximate surface area is 348 Å². The van der Waals surface area contributed by atoms with Gasteiger partial charge in [0.1, 0.15) is 11.4 Å². The third-order valence-electron chi connectivity index (χ3n) is 12.1. The standard InChI is InChI=1S/C55H33N3OS/c1-3-14-34(15-4-1)36-26-28-38(29-27-36)57-47-23-11-9-21-45(47)56-55(57)44-32-37(35-16-5-2-6-17-35)33-49-51(44)43-20-13-24-48(53(43)59-49)58-46-22-10-7-18-39(46)41-30-31-42-40-19-8-12-25-50(40)60-54(42)52(41)58/h1-33H. The number of imidazole rings is 1. The molecule has 60 heavy (non-hydrogen) atoms. The third kappa shape index (κ3) is 4.87. The van der Waals surface area contributed by atoms with Gasteiger partial charge in [0.2, 0.25) is 0 Å². The fourth-order valence-electron chi connectivity index (χ4n) is 9.45. The highest BCUT2D eigenvalue weighted by Gasteiger charge is 2.25. The van der Waals surface area contributed by atoms with Gasteiger partial charge in [-0.1, -0.05) is 146 Å². The molecule has 13 rings (SSSR count). The Morgan fingerprint density at radius 1 is 0.450 bits per heavy atom. The zero-order chi connectivity index (χ0) is 39.3. The second kappa shape index (κ2) is 12.9. The van der Waals surface area contributed by atoms with Crippen molar-refractivity contribution in [3.8, 4) is 45.0 Å². The van der Waals surface area contributed by atoms with E-state index in [0.717, 1.165) is 72.4 Å². The molecule has 4 heterocycles. The van der Waals surface area contributed by atoms with E-state index < -0.39 is 0 Å². The number of benzene rings is 9. The number of hydrogen-bond donors (Lipinski definition) is 0. The van der Waals surface area contributed by atoms with Gasteiger partial charge < -0.3 is 8.98 Å². The molecule has 0 atom stereocenters. The molecule has 0 aliphatic carbocycles. The Kier molecular flexibility index (Phi) is 7.14. The molecular formula is C55H33N3OS. The Morgan fingerprint density at radius 3 is 1.92 bits per heavy atom. The minimum Gasteiger partial charge on any atom is -0.454 e. The summed E-state index contributed by atoms with van der Waals surface area (Å²) in [6.07, 6.45) is 0. The lowest BCUT2D eigenvalue weighted by Gasteiger charge is -2.13. The molecule has 13 aromatic rings. The minimum atomic E-state index is 0.819. The molecule has 0 radical (unpaired) electrons. The first kappa shape index (κ1) is 33.3. The van der Waals surface area contributed by atoms with Crippen LogP contribution >= 0.6 is 11.3 Å². The molecular weight excluding hydrogens is 751 g/mol. The quantitative estimate of drug-likeness (QED) is 0.174. The molecule has 0 fully saturated rings. The normalized spacial score (nSPS) is 12.0. The van der Waals surface area contributed by atoms with Crippen LogP contribution in [0, 0.1) is 0 Å². The molecule has 0 amide bonds. The summed E-state index contributed by atoms with van der Waals surface area (Å²) in [5.74, 6) is 0.864. The van der Waals surface area contributed by atoms with Gasteiger partial charge in [0.15, 0.2) is 5.58 Å². The van der Waals surface area contributed by atoms with Gasteiger partial charge in [-0.3, -0.25) is 4.57 Å². The smallest absolute Gasteiger partial charge is 0.159 e. The highest BCUT2D eigenvalue weighted by Crippen LogP contribution is 2.47. The zero-order valence-electron chi connectivity index (χ0n) is 32.2.